The van der Waals surface area contributed by atoms with Crippen LogP contribution in [0.4, 0.5) is 4.79 Å². The van der Waals surface area contributed by atoms with Crippen LogP contribution < -0.4 is 5.32 Å². The number of carbonyl (C=O) groups excluding carboxylic acids is 1. The molecule has 2 N–H and O–H groups in total. The van der Waals surface area contributed by atoms with Gasteiger partial charge in [-0.15, -0.1) is 0 Å². The Morgan fingerprint density at radius 3 is 2.39 bits per heavy atom. The molecule has 0 aromatic rings. The van der Waals surface area contributed by atoms with Crippen LogP contribution in [0.25, 0.3) is 0 Å². The Bertz CT molecular complexity index is 271. The maximum atomic E-state index is 12.0. The monoisotopic (exact) mass is 254 g/mol. The smallest absolute Gasteiger partial charge is 0.317 e. The Morgan fingerprint density at radius 2 is 1.83 bits per heavy atom. The molecule has 0 aromatic carbocycles. The zero-order valence-electron chi connectivity index (χ0n) is 11.4. The van der Waals surface area contributed by atoms with Crippen LogP contribution in [0, 0.1) is 5.92 Å². The van der Waals surface area contributed by atoms with Gasteiger partial charge in [-0.3, -0.25) is 0 Å². The molecule has 2 rings (SSSR count). The summed E-state index contributed by atoms with van der Waals surface area (Å²) in [7, 11) is 1.78. The van der Waals surface area contributed by atoms with Gasteiger partial charge in [-0.25, -0.2) is 4.79 Å². The maximum absolute atomic E-state index is 12.0. The summed E-state index contributed by atoms with van der Waals surface area (Å²) in [6, 6.07) is 0.308. The minimum atomic E-state index is -0.338. The fraction of sp³-hybridized carbons (Fsp3) is 0.929. The molecule has 2 amide bonds. The predicted molar refractivity (Wildman–Crippen MR) is 71.4 cm³/mol. The quantitative estimate of drug-likeness (QED) is 0.755. The number of urea groups is 1. The minimum absolute atomic E-state index is 0.0263. The zero-order valence-corrected chi connectivity index (χ0v) is 11.4. The number of likely N-dealkylation sites (N-methyl/N-ethyl adjacent to an activating group) is 1. The normalized spacial score (nSPS) is 23.2. The topological polar surface area (TPSA) is 52.6 Å². The van der Waals surface area contributed by atoms with Crippen LogP contribution in [0.5, 0.6) is 0 Å². The number of amides is 2. The minimum Gasteiger partial charge on any atom is -0.391 e. The molecule has 1 atom stereocenters. The Balaban J connectivity index is 1.71. The van der Waals surface area contributed by atoms with E-state index in [0.29, 0.717) is 18.5 Å². The van der Waals surface area contributed by atoms with Crippen molar-refractivity contribution < 1.29 is 9.90 Å². The van der Waals surface area contributed by atoms with Gasteiger partial charge in [0.1, 0.15) is 0 Å². The second kappa shape index (κ2) is 6.41. The lowest BCUT2D eigenvalue weighted by molar-refractivity contribution is 0.112. The average molecular weight is 254 g/mol. The number of nitrogens with one attached hydrogen (secondary N) is 1. The van der Waals surface area contributed by atoms with Crippen molar-refractivity contribution in [3.05, 3.63) is 0 Å². The van der Waals surface area contributed by atoms with Gasteiger partial charge in [0.2, 0.25) is 0 Å². The molecular weight excluding hydrogens is 228 g/mol. The van der Waals surface area contributed by atoms with E-state index < -0.39 is 0 Å². The van der Waals surface area contributed by atoms with Crippen molar-refractivity contribution in [3.8, 4) is 0 Å². The Hall–Kier alpha value is -0.770. The van der Waals surface area contributed by atoms with E-state index in [-0.39, 0.29) is 12.1 Å². The molecule has 2 saturated carbocycles. The third kappa shape index (κ3) is 4.16. The van der Waals surface area contributed by atoms with Gasteiger partial charge in [0.05, 0.1) is 6.10 Å². The van der Waals surface area contributed by atoms with Gasteiger partial charge in [-0.05, 0) is 31.6 Å². The number of aliphatic hydroxyl groups excluding tert-OH is 1. The molecule has 104 valence electrons. The highest BCUT2D eigenvalue weighted by atomic mass is 16.3. The van der Waals surface area contributed by atoms with E-state index in [1.807, 2.05) is 0 Å². The molecule has 0 aromatic heterocycles. The molecule has 2 aliphatic carbocycles. The largest absolute Gasteiger partial charge is 0.391 e. The summed E-state index contributed by atoms with van der Waals surface area (Å²) in [5.41, 5.74) is 0. The van der Waals surface area contributed by atoms with Crippen LogP contribution in [-0.4, -0.2) is 41.8 Å². The molecule has 4 nitrogen and oxygen atoms in total. The lowest BCUT2D eigenvalue weighted by atomic mass is 10.1. The molecular formula is C14H26N2O2. The van der Waals surface area contributed by atoms with Gasteiger partial charge in [-0.1, -0.05) is 25.7 Å². The molecule has 0 aliphatic heterocycles. The summed E-state index contributed by atoms with van der Waals surface area (Å²) in [6.07, 6.45) is 9.12. The third-order valence-corrected chi connectivity index (χ3v) is 4.16. The van der Waals surface area contributed by atoms with Crippen LogP contribution in [0.15, 0.2) is 0 Å². The van der Waals surface area contributed by atoms with Crippen LogP contribution in [0.2, 0.25) is 0 Å². The first-order chi connectivity index (χ1) is 8.66. The lowest BCUT2D eigenvalue weighted by Gasteiger charge is -2.24. The summed E-state index contributed by atoms with van der Waals surface area (Å²) in [4.78, 5) is 13.6. The number of hydrogen-bond donors (Lipinski definition) is 2. The zero-order chi connectivity index (χ0) is 13.0. The summed E-state index contributed by atoms with van der Waals surface area (Å²) in [5.74, 6) is 0.429. The SMILES string of the molecule is CN(CC(O)C1CC1)C(=O)NC1CCCCCC1. The first-order valence-electron chi connectivity index (χ1n) is 7.36. The maximum Gasteiger partial charge on any atom is 0.317 e. The molecule has 18 heavy (non-hydrogen) atoms. The second-order valence-electron chi connectivity index (χ2n) is 5.92. The second-order valence-corrected chi connectivity index (χ2v) is 5.92. The van der Waals surface area contributed by atoms with Crippen LogP contribution in [0.1, 0.15) is 51.4 Å². The Kier molecular flexibility index (Phi) is 4.87. The van der Waals surface area contributed by atoms with Gasteiger partial charge < -0.3 is 15.3 Å². The van der Waals surface area contributed by atoms with E-state index in [1.165, 1.54) is 25.7 Å². The van der Waals surface area contributed by atoms with Crippen molar-refractivity contribution in [3.63, 3.8) is 0 Å². The van der Waals surface area contributed by atoms with Crippen molar-refractivity contribution in [1.29, 1.82) is 0 Å². The van der Waals surface area contributed by atoms with E-state index in [1.54, 1.807) is 11.9 Å². The fourth-order valence-corrected chi connectivity index (χ4v) is 2.70. The molecule has 0 bridgehead atoms. The number of carbonyl (C=O) groups is 1. The highest BCUT2D eigenvalue weighted by Crippen LogP contribution is 2.32. The van der Waals surface area contributed by atoms with Crippen molar-refractivity contribution in [1.82, 2.24) is 10.2 Å². The van der Waals surface area contributed by atoms with Crippen molar-refractivity contribution in [2.45, 2.75) is 63.5 Å². The molecule has 2 aliphatic rings. The number of rotatable bonds is 4. The van der Waals surface area contributed by atoms with Crippen molar-refractivity contribution >= 4 is 6.03 Å². The molecule has 0 saturated heterocycles. The van der Waals surface area contributed by atoms with Gasteiger partial charge in [0.25, 0.3) is 0 Å². The third-order valence-electron chi connectivity index (χ3n) is 4.16. The molecule has 4 heteroatoms. The summed E-state index contributed by atoms with van der Waals surface area (Å²) >= 11 is 0. The molecule has 0 heterocycles. The standard InChI is InChI=1S/C14H26N2O2/c1-16(10-13(17)11-8-9-11)14(18)15-12-6-4-2-3-5-7-12/h11-13,17H,2-10H2,1H3,(H,15,18). The fourth-order valence-electron chi connectivity index (χ4n) is 2.70. The van der Waals surface area contributed by atoms with Crippen molar-refractivity contribution in [2.24, 2.45) is 5.92 Å². The molecule has 0 radical (unpaired) electrons. The highest BCUT2D eigenvalue weighted by Gasteiger charge is 2.31. The summed E-state index contributed by atoms with van der Waals surface area (Å²) in [6.45, 7) is 0.462. The predicted octanol–water partition coefficient (Wildman–Crippen LogP) is 2.12. The molecule has 2 fully saturated rings. The number of nitrogens with zero attached hydrogens (tertiary/aromatic N) is 1. The summed E-state index contributed by atoms with van der Waals surface area (Å²) in [5, 5.41) is 12.9. The van der Waals surface area contributed by atoms with E-state index in [2.05, 4.69) is 5.32 Å². The van der Waals surface area contributed by atoms with Gasteiger partial charge in [-0.2, -0.15) is 0 Å². The first kappa shape index (κ1) is 13.7. The lowest BCUT2D eigenvalue weighted by Crippen LogP contribution is -2.45. The van der Waals surface area contributed by atoms with E-state index in [0.717, 1.165) is 25.7 Å². The van der Waals surface area contributed by atoms with Crippen LogP contribution in [0.3, 0.4) is 0 Å². The summed E-state index contributed by atoms with van der Waals surface area (Å²) < 4.78 is 0. The molecule has 0 spiro atoms. The van der Waals surface area contributed by atoms with E-state index >= 15 is 0 Å². The van der Waals surface area contributed by atoms with Crippen LogP contribution >= 0.6 is 0 Å². The number of aliphatic hydroxyl groups is 1. The van der Waals surface area contributed by atoms with E-state index in [4.69, 9.17) is 0 Å². The van der Waals surface area contributed by atoms with E-state index in [9.17, 15) is 9.90 Å². The highest BCUT2D eigenvalue weighted by molar-refractivity contribution is 5.74. The Morgan fingerprint density at radius 1 is 1.22 bits per heavy atom. The van der Waals surface area contributed by atoms with Gasteiger partial charge in [0.15, 0.2) is 0 Å². The van der Waals surface area contributed by atoms with Crippen LogP contribution in [-0.2, 0) is 0 Å². The average Bonchev–Trinajstić information content (AvgIpc) is 3.16. The first-order valence-corrected chi connectivity index (χ1v) is 7.36. The van der Waals surface area contributed by atoms with Crippen molar-refractivity contribution in [2.75, 3.05) is 13.6 Å². The molecule has 1 unspecified atom stereocenters. The Labute approximate surface area is 110 Å². The van der Waals surface area contributed by atoms with Gasteiger partial charge in [0, 0.05) is 19.6 Å². The van der Waals surface area contributed by atoms with Gasteiger partial charge >= 0.3 is 6.03 Å². The number of hydrogen-bond acceptors (Lipinski definition) is 2.